The number of carbonyl (C=O) groups excluding carboxylic acids is 3. The van der Waals surface area contributed by atoms with Crippen LogP contribution in [0.4, 0.5) is 0 Å². The van der Waals surface area contributed by atoms with Gasteiger partial charge >= 0.3 is 5.97 Å². The average Bonchev–Trinajstić information content (AvgIpc) is 3.14. The summed E-state index contributed by atoms with van der Waals surface area (Å²) < 4.78 is 0. The van der Waals surface area contributed by atoms with Gasteiger partial charge in [-0.3, -0.25) is 14.6 Å². The second-order valence-electron chi connectivity index (χ2n) is 5.47. The quantitative estimate of drug-likeness (QED) is 0.792. The monoisotopic (exact) mass is 308 g/mol. The molecule has 0 fully saturated rings. The van der Waals surface area contributed by atoms with Gasteiger partial charge in [0.1, 0.15) is 0 Å². The third-order valence-electron chi connectivity index (χ3n) is 4.14. The number of imide groups is 1. The van der Waals surface area contributed by atoms with Crippen LogP contribution in [-0.4, -0.2) is 27.8 Å². The first-order valence-electron chi connectivity index (χ1n) is 7.33. The Morgan fingerprint density at radius 2 is 1.74 bits per heavy atom. The molecule has 114 valence electrons. The van der Waals surface area contributed by atoms with Crippen molar-refractivity contribution in [3.63, 3.8) is 0 Å². The maximum Gasteiger partial charge on any atom is 0.364 e. The first kappa shape index (κ1) is 13.6. The van der Waals surface area contributed by atoms with Gasteiger partial charge in [0, 0.05) is 11.9 Å². The maximum absolute atomic E-state index is 12.4. The van der Waals surface area contributed by atoms with Gasteiger partial charge in [-0.25, -0.2) is 4.79 Å². The molecule has 23 heavy (non-hydrogen) atoms. The van der Waals surface area contributed by atoms with Gasteiger partial charge in [-0.1, -0.05) is 17.2 Å². The molecule has 1 aromatic heterocycles. The minimum absolute atomic E-state index is 0.241. The predicted molar refractivity (Wildman–Crippen MR) is 78.6 cm³/mol. The molecule has 2 amide bonds. The minimum Gasteiger partial charge on any atom is -0.324 e. The molecule has 0 saturated carbocycles. The molecule has 6 nitrogen and oxygen atoms in total. The average molecular weight is 308 g/mol. The standard InChI is InChI=1S/C17H12N2O4/c20-15-11-4-1-2-5-12(11)16(21)19(15)23-17(22)13-8-9-18-14-7-3-6-10(13)14/h1-2,4-5,8-9H,3,6-7H2. The number of aryl methyl sites for hydroxylation is 1. The molecule has 1 aromatic carbocycles. The molecule has 1 aliphatic carbocycles. The van der Waals surface area contributed by atoms with Crippen LogP contribution in [-0.2, 0) is 17.7 Å². The van der Waals surface area contributed by atoms with Crippen molar-refractivity contribution in [1.29, 1.82) is 0 Å². The molecule has 2 aromatic rings. The number of rotatable bonds is 2. The van der Waals surface area contributed by atoms with Gasteiger partial charge in [0.05, 0.1) is 16.7 Å². The van der Waals surface area contributed by atoms with E-state index in [1.165, 1.54) is 12.1 Å². The van der Waals surface area contributed by atoms with Crippen LogP contribution in [0.3, 0.4) is 0 Å². The first-order chi connectivity index (χ1) is 11.2. The fourth-order valence-corrected chi connectivity index (χ4v) is 3.04. The summed E-state index contributed by atoms with van der Waals surface area (Å²) in [6, 6.07) is 7.95. The Morgan fingerprint density at radius 3 is 2.43 bits per heavy atom. The van der Waals surface area contributed by atoms with Crippen molar-refractivity contribution in [2.24, 2.45) is 0 Å². The summed E-state index contributed by atoms with van der Waals surface area (Å²) in [7, 11) is 0. The number of pyridine rings is 1. The number of amides is 2. The Hall–Kier alpha value is -3.02. The van der Waals surface area contributed by atoms with E-state index in [9.17, 15) is 14.4 Å². The van der Waals surface area contributed by atoms with E-state index in [0.29, 0.717) is 10.6 Å². The van der Waals surface area contributed by atoms with E-state index >= 15 is 0 Å². The highest BCUT2D eigenvalue weighted by molar-refractivity contribution is 6.21. The highest BCUT2D eigenvalue weighted by Gasteiger charge is 2.39. The van der Waals surface area contributed by atoms with Crippen LogP contribution in [0.25, 0.3) is 0 Å². The van der Waals surface area contributed by atoms with E-state index in [1.54, 1.807) is 24.4 Å². The zero-order valence-electron chi connectivity index (χ0n) is 12.1. The molecule has 0 atom stereocenters. The zero-order chi connectivity index (χ0) is 16.0. The van der Waals surface area contributed by atoms with Gasteiger partial charge in [0.2, 0.25) is 0 Å². The van der Waals surface area contributed by atoms with Crippen molar-refractivity contribution in [2.75, 3.05) is 0 Å². The fourth-order valence-electron chi connectivity index (χ4n) is 3.04. The number of nitrogens with zero attached hydrogens (tertiary/aromatic N) is 2. The molecule has 1 aliphatic heterocycles. The Morgan fingerprint density at radius 1 is 1.04 bits per heavy atom. The van der Waals surface area contributed by atoms with E-state index in [-0.39, 0.29) is 11.1 Å². The van der Waals surface area contributed by atoms with Gasteiger partial charge < -0.3 is 4.84 Å². The number of hydroxylamine groups is 2. The van der Waals surface area contributed by atoms with Gasteiger partial charge in [-0.05, 0) is 43.0 Å². The van der Waals surface area contributed by atoms with Crippen molar-refractivity contribution in [1.82, 2.24) is 10.0 Å². The van der Waals surface area contributed by atoms with Crippen LogP contribution in [0.1, 0.15) is 48.8 Å². The van der Waals surface area contributed by atoms with Crippen molar-refractivity contribution >= 4 is 17.8 Å². The van der Waals surface area contributed by atoms with Crippen LogP contribution in [0.5, 0.6) is 0 Å². The summed E-state index contributed by atoms with van der Waals surface area (Å²) >= 11 is 0. The predicted octanol–water partition coefficient (Wildman–Crippen LogP) is 1.94. The van der Waals surface area contributed by atoms with E-state index in [1.807, 2.05) is 0 Å². The molecule has 2 aliphatic rings. The lowest BCUT2D eigenvalue weighted by Gasteiger charge is -2.14. The third-order valence-corrected chi connectivity index (χ3v) is 4.14. The second kappa shape index (κ2) is 5.01. The molecule has 0 bridgehead atoms. The second-order valence-corrected chi connectivity index (χ2v) is 5.47. The summed E-state index contributed by atoms with van der Waals surface area (Å²) in [5.74, 6) is -1.95. The van der Waals surface area contributed by atoms with E-state index in [4.69, 9.17) is 4.84 Å². The number of hydrogen-bond donors (Lipinski definition) is 0. The molecule has 0 N–H and O–H groups in total. The van der Waals surface area contributed by atoms with Crippen LogP contribution < -0.4 is 0 Å². The molecule has 0 unspecified atom stereocenters. The number of hydrogen-bond acceptors (Lipinski definition) is 5. The van der Waals surface area contributed by atoms with Crippen molar-refractivity contribution in [2.45, 2.75) is 19.3 Å². The first-order valence-corrected chi connectivity index (χ1v) is 7.33. The van der Waals surface area contributed by atoms with Gasteiger partial charge in [0.15, 0.2) is 0 Å². The van der Waals surface area contributed by atoms with E-state index in [2.05, 4.69) is 4.98 Å². The van der Waals surface area contributed by atoms with Crippen molar-refractivity contribution < 1.29 is 19.2 Å². The molecule has 4 rings (SSSR count). The highest BCUT2D eigenvalue weighted by atomic mass is 16.7. The molecular weight excluding hydrogens is 296 g/mol. The van der Waals surface area contributed by atoms with Gasteiger partial charge in [-0.15, -0.1) is 0 Å². The van der Waals surface area contributed by atoms with E-state index < -0.39 is 17.8 Å². The molecule has 6 heteroatoms. The highest BCUT2D eigenvalue weighted by Crippen LogP contribution is 2.26. The summed E-state index contributed by atoms with van der Waals surface area (Å²) in [6.07, 6.45) is 4.04. The lowest BCUT2D eigenvalue weighted by Crippen LogP contribution is -2.33. The lowest BCUT2D eigenvalue weighted by molar-refractivity contribution is -0.0585. The number of aromatic nitrogens is 1. The minimum atomic E-state index is -0.708. The van der Waals surface area contributed by atoms with Crippen molar-refractivity contribution in [3.05, 3.63) is 64.5 Å². The van der Waals surface area contributed by atoms with Crippen LogP contribution in [0, 0.1) is 0 Å². The third kappa shape index (κ3) is 2.03. The van der Waals surface area contributed by atoms with Crippen LogP contribution in [0.15, 0.2) is 36.5 Å². The van der Waals surface area contributed by atoms with Crippen molar-refractivity contribution in [3.8, 4) is 0 Å². The summed E-state index contributed by atoms with van der Waals surface area (Å²) in [5, 5.41) is 0.536. The Kier molecular flexibility index (Phi) is 2.97. The summed E-state index contributed by atoms with van der Waals surface area (Å²) in [4.78, 5) is 46.2. The molecular formula is C17H12N2O4. The summed E-state index contributed by atoms with van der Waals surface area (Å²) in [6.45, 7) is 0. The topological polar surface area (TPSA) is 76.6 Å². The Labute approximate surface area is 131 Å². The Bertz CT molecular complexity index is 824. The summed E-state index contributed by atoms with van der Waals surface area (Å²) in [5.41, 5.74) is 2.57. The fraction of sp³-hybridized carbons (Fsp3) is 0.176. The number of carbonyl (C=O) groups is 3. The SMILES string of the molecule is O=C(ON1C(=O)c2ccccc2C1=O)c1ccnc2c1CCC2. The smallest absolute Gasteiger partial charge is 0.324 e. The van der Waals surface area contributed by atoms with Crippen LogP contribution in [0.2, 0.25) is 0 Å². The van der Waals surface area contributed by atoms with Gasteiger partial charge in [0.25, 0.3) is 11.8 Å². The lowest BCUT2D eigenvalue weighted by atomic mass is 10.1. The zero-order valence-corrected chi connectivity index (χ0v) is 12.1. The largest absolute Gasteiger partial charge is 0.364 e. The van der Waals surface area contributed by atoms with Crippen LogP contribution >= 0.6 is 0 Å². The van der Waals surface area contributed by atoms with Gasteiger partial charge in [-0.2, -0.15) is 0 Å². The Balaban J connectivity index is 1.63. The molecule has 0 radical (unpaired) electrons. The van der Waals surface area contributed by atoms with E-state index in [0.717, 1.165) is 30.5 Å². The normalized spacial score (nSPS) is 15.6. The molecule has 0 spiro atoms. The maximum atomic E-state index is 12.4. The molecule has 0 saturated heterocycles. The number of fused-ring (bicyclic) bond motifs is 2. The molecule has 2 heterocycles. The number of benzene rings is 1.